The van der Waals surface area contributed by atoms with E-state index in [1.165, 1.54) is 32.1 Å². The molecule has 2 aliphatic rings. The molecule has 1 saturated heterocycles. The van der Waals surface area contributed by atoms with Crippen molar-refractivity contribution in [3.05, 3.63) is 0 Å². The number of nitrogens with zero attached hydrogens (tertiary/aromatic N) is 1. The zero-order valence-corrected chi connectivity index (χ0v) is 12.3. The van der Waals surface area contributed by atoms with Gasteiger partial charge < -0.3 is 9.47 Å². The lowest BCUT2D eigenvalue weighted by Gasteiger charge is -2.27. The first kappa shape index (κ1) is 14.8. The van der Waals surface area contributed by atoms with Crippen molar-refractivity contribution in [1.29, 1.82) is 0 Å². The number of esters is 1. The first-order chi connectivity index (χ1) is 9.17. The van der Waals surface area contributed by atoms with Crippen LogP contribution in [-0.4, -0.2) is 48.8 Å². The molecule has 4 heteroatoms. The Kier molecular flexibility index (Phi) is 5.22. The van der Waals surface area contributed by atoms with Gasteiger partial charge in [-0.2, -0.15) is 0 Å². The molecule has 1 saturated carbocycles. The summed E-state index contributed by atoms with van der Waals surface area (Å²) in [4.78, 5) is 13.7. The molecule has 2 fully saturated rings. The van der Waals surface area contributed by atoms with Gasteiger partial charge in [-0.25, -0.2) is 0 Å². The minimum Gasteiger partial charge on any atom is -0.465 e. The molecule has 4 nitrogen and oxygen atoms in total. The van der Waals surface area contributed by atoms with Crippen LogP contribution < -0.4 is 0 Å². The average Bonchev–Trinajstić information content (AvgIpc) is 3.00. The summed E-state index contributed by atoms with van der Waals surface area (Å²) in [6, 6.07) is 0. The number of hydrogen-bond donors (Lipinski definition) is 0. The van der Waals surface area contributed by atoms with E-state index >= 15 is 0 Å². The smallest absolute Gasteiger partial charge is 0.320 e. The van der Waals surface area contributed by atoms with Gasteiger partial charge in [0, 0.05) is 6.54 Å². The lowest BCUT2D eigenvalue weighted by molar-refractivity contribution is -0.145. The van der Waals surface area contributed by atoms with Crippen molar-refractivity contribution in [3.63, 3.8) is 0 Å². The van der Waals surface area contributed by atoms with Gasteiger partial charge in [0.05, 0.1) is 24.9 Å². The van der Waals surface area contributed by atoms with Gasteiger partial charge in [0.2, 0.25) is 0 Å². The molecule has 0 aromatic heterocycles. The third kappa shape index (κ3) is 3.93. The van der Waals surface area contributed by atoms with E-state index < -0.39 is 0 Å². The predicted octanol–water partition coefficient (Wildman–Crippen LogP) is 2.36. The molecule has 1 spiro atoms. The van der Waals surface area contributed by atoms with Crippen LogP contribution in [0.3, 0.4) is 0 Å². The number of carbonyl (C=O) groups excluding carboxylic acids is 1. The SMILES string of the molecule is CCOC(=O)CN(CC)CC1CCC2(CCCC2)O1. The molecule has 19 heavy (non-hydrogen) atoms. The fourth-order valence-corrected chi connectivity index (χ4v) is 3.39. The van der Waals surface area contributed by atoms with E-state index in [0.717, 1.165) is 19.5 Å². The predicted molar refractivity (Wildman–Crippen MR) is 74.1 cm³/mol. The summed E-state index contributed by atoms with van der Waals surface area (Å²) >= 11 is 0. The maximum absolute atomic E-state index is 11.5. The second kappa shape index (κ2) is 6.71. The maximum Gasteiger partial charge on any atom is 0.320 e. The standard InChI is InChI=1S/C15H27NO3/c1-3-16(12-14(17)18-4-2)11-13-7-10-15(19-13)8-5-6-9-15/h13H,3-12H2,1-2H3. The summed E-state index contributed by atoms with van der Waals surface area (Å²) < 4.78 is 11.3. The summed E-state index contributed by atoms with van der Waals surface area (Å²) in [6.45, 7) is 6.50. The second-order valence-electron chi connectivity index (χ2n) is 5.80. The molecule has 0 amide bonds. The minimum absolute atomic E-state index is 0.127. The fourth-order valence-electron chi connectivity index (χ4n) is 3.39. The van der Waals surface area contributed by atoms with Crippen LogP contribution in [0.2, 0.25) is 0 Å². The molecule has 1 unspecified atom stereocenters. The normalized spacial score (nSPS) is 25.3. The largest absolute Gasteiger partial charge is 0.465 e. The molecule has 0 aromatic rings. The van der Waals surface area contributed by atoms with E-state index in [-0.39, 0.29) is 11.6 Å². The molecule has 0 N–H and O–H groups in total. The summed E-state index contributed by atoms with van der Waals surface area (Å²) in [5.41, 5.74) is 0.188. The van der Waals surface area contributed by atoms with Crippen molar-refractivity contribution in [2.75, 3.05) is 26.2 Å². The molecule has 1 aliphatic heterocycles. The molecule has 110 valence electrons. The Morgan fingerprint density at radius 1 is 1.32 bits per heavy atom. The van der Waals surface area contributed by atoms with Crippen molar-refractivity contribution >= 4 is 5.97 Å². The number of rotatable bonds is 6. The van der Waals surface area contributed by atoms with E-state index in [4.69, 9.17) is 9.47 Å². The Hall–Kier alpha value is -0.610. The Morgan fingerprint density at radius 3 is 2.68 bits per heavy atom. The zero-order valence-electron chi connectivity index (χ0n) is 12.3. The third-order valence-electron chi connectivity index (χ3n) is 4.42. The number of likely N-dealkylation sites (N-methyl/N-ethyl adjacent to an activating group) is 1. The van der Waals surface area contributed by atoms with Gasteiger partial charge in [-0.3, -0.25) is 9.69 Å². The van der Waals surface area contributed by atoms with Crippen LogP contribution in [0.4, 0.5) is 0 Å². The molecule has 0 aromatic carbocycles. The molecule has 0 radical (unpaired) electrons. The van der Waals surface area contributed by atoms with E-state index in [1.54, 1.807) is 0 Å². The van der Waals surface area contributed by atoms with Crippen LogP contribution >= 0.6 is 0 Å². The Balaban J connectivity index is 1.77. The quantitative estimate of drug-likeness (QED) is 0.694. The van der Waals surface area contributed by atoms with E-state index in [9.17, 15) is 4.79 Å². The second-order valence-corrected chi connectivity index (χ2v) is 5.80. The molecule has 1 aliphatic carbocycles. The first-order valence-electron chi connectivity index (χ1n) is 7.73. The van der Waals surface area contributed by atoms with E-state index in [1.807, 2.05) is 6.92 Å². The van der Waals surface area contributed by atoms with Gasteiger partial charge in [0.15, 0.2) is 0 Å². The summed E-state index contributed by atoms with van der Waals surface area (Å²) in [6.07, 6.45) is 7.72. The minimum atomic E-state index is -0.127. The van der Waals surface area contributed by atoms with Gasteiger partial charge in [-0.1, -0.05) is 19.8 Å². The monoisotopic (exact) mass is 269 g/mol. The van der Waals surface area contributed by atoms with Crippen LogP contribution in [0, 0.1) is 0 Å². The highest BCUT2D eigenvalue weighted by Crippen LogP contribution is 2.43. The molecule has 1 atom stereocenters. The highest BCUT2D eigenvalue weighted by molar-refractivity contribution is 5.71. The number of ether oxygens (including phenoxy) is 2. The van der Waals surface area contributed by atoms with Gasteiger partial charge in [0.1, 0.15) is 0 Å². The third-order valence-corrected chi connectivity index (χ3v) is 4.42. The topological polar surface area (TPSA) is 38.8 Å². The Labute approximate surface area is 116 Å². The summed E-state index contributed by atoms with van der Waals surface area (Å²) in [5.74, 6) is -0.127. The van der Waals surface area contributed by atoms with Crippen molar-refractivity contribution in [2.45, 2.75) is 64.1 Å². The van der Waals surface area contributed by atoms with Gasteiger partial charge in [-0.05, 0) is 39.2 Å². The van der Waals surface area contributed by atoms with Crippen molar-refractivity contribution in [2.24, 2.45) is 0 Å². The van der Waals surface area contributed by atoms with Gasteiger partial charge in [0.25, 0.3) is 0 Å². The first-order valence-corrected chi connectivity index (χ1v) is 7.73. The van der Waals surface area contributed by atoms with Crippen LogP contribution in [0.5, 0.6) is 0 Å². The van der Waals surface area contributed by atoms with Gasteiger partial charge in [-0.15, -0.1) is 0 Å². The van der Waals surface area contributed by atoms with Crippen LogP contribution in [0.1, 0.15) is 52.4 Å². The Bertz CT molecular complexity index is 300. The highest BCUT2D eigenvalue weighted by atomic mass is 16.5. The Morgan fingerprint density at radius 2 is 2.05 bits per heavy atom. The van der Waals surface area contributed by atoms with Crippen LogP contribution in [0.15, 0.2) is 0 Å². The van der Waals surface area contributed by atoms with E-state index in [2.05, 4.69) is 11.8 Å². The average molecular weight is 269 g/mol. The number of carbonyl (C=O) groups is 1. The summed E-state index contributed by atoms with van der Waals surface area (Å²) in [7, 11) is 0. The highest BCUT2D eigenvalue weighted by Gasteiger charge is 2.42. The molecule has 2 rings (SSSR count). The lowest BCUT2D eigenvalue weighted by atomic mass is 9.98. The molecular formula is C15H27NO3. The molecule has 0 bridgehead atoms. The van der Waals surface area contributed by atoms with Crippen molar-refractivity contribution in [1.82, 2.24) is 4.90 Å². The van der Waals surface area contributed by atoms with Crippen molar-refractivity contribution < 1.29 is 14.3 Å². The van der Waals surface area contributed by atoms with E-state index in [0.29, 0.717) is 19.3 Å². The van der Waals surface area contributed by atoms with Gasteiger partial charge >= 0.3 is 5.97 Å². The lowest BCUT2D eigenvalue weighted by Crippen LogP contribution is -2.38. The maximum atomic E-state index is 11.5. The van der Waals surface area contributed by atoms with Crippen LogP contribution in [-0.2, 0) is 14.3 Å². The molecule has 1 heterocycles. The van der Waals surface area contributed by atoms with Crippen LogP contribution in [0.25, 0.3) is 0 Å². The number of hydrogen-bond acceptors (Lipinski definition) is 4. The fraction of sp³-hybridized carbons (Fsp3) is 0.933. The molecular weight excluding hydrogens is 242 g/mol. The van der Waals surface area contributed by atoms with Crippen molar-refractivity contribution in [3.8, 4) is 0 Å². The zero-order chi connectivity index (χ0) is 13.7. The summed E-state index contributed by atoms with van der Waals surface area (Å²) in [5, 5.41) is 0.